The number of rotatable bonds is 5. The van der Waals surface area contributed by atoms with Gasteiger partial charge < -0.3 is 9.47 Å². The lowest BCUT2D eigenvalue weighted by atomic mass is 10.1. The minimum Gasteiger partial charge on any atom is -0.497 e. The zero-order valence-electron chi connectivity index (χ0n) is 10.5. The molecule has 98 valence electrons. The van der Waals surface area contributed by atoms with Crippen molar-refractivity contribution in [2.45, 2.75) is 13.0 Å². The highest BCUT2D eigenvalue weighted by Crippen LogP contribution is 2.15. The predicted molar refractivity (Wildman–Crippen MR) is 69.0 cm³/mol. The average molecular weight is 259 g/mol. The van der Waals surface area contributed by atoms with Crippen molar-refractivity contribution in [2.75, 3.05) is 7.11 Å². The van der Waals surface area contributed by atoms with Crippen molar-refractivity contribution in [3.8, 4) is 5.75 Å². The summed E-state index contributed by atoms with van der Waals surface area (Å²) in [5.41, 5.74) is 1.14. The highest BCUT2D eigenvalue weighted by atomic mass is 16.5. The summed E-state index contributed by atoms with van der Waals surface area (Å²) in [6.45, 7) is 0.271. The molecule has 1 aliphatic rings. The Morgan fingerprint density at radius 2 is 2.05 bits per heavy atom. The molecule has 0 radical (unpaired) electrons. The van der Waals surface area contributed by atoms with Gasteiger partial charge in [0.15, 0.2) is 12.0 Å². The Balaban J connectivity index is 1.98. The number of hydrogen-bond acceptors (Lipinski definition) is 5. The number of carbonyl (C=O) groups excluding carboxylic acids is 2. The van der Waals surface area contributed by atoms with Crippen molar-refractivity contribution in [3.63, 3.8) is 0 Å². The van der Waals surface area contributed by atoms with Crippen molar-refractivity contribution in [1.29, 1.82) is 0 Å². The first-order valence-electron chi connectivity index (χ1n) is 5.74. The second-order valence-corrected chi connectivity index (χ2v) is 3.97. The van der Waals surface area contributed by atoms with Crippen molar-refractivity contribution < 1.29 is 19.1 Å². The molecule has 1 aromatic carbocycles. The minimum atomic E-state index is -0.231. The molecule has 1 aromatic rings. The standard InChI is InChI=1S/C14H13NO4/c1-18-12-4-2-10(3-5-12)9-19-14-7-15-11(8-16)6-13(14)17/h2-5,7-8H,6,9H2,1H3. The zero-order chi connectivity index (χ0) is 13.7. The van der Waals surface area contributed by atoms with Crippen molar-refractivity contribution in [1.82, 2.24) is 0 Å². The summed E-state index contributed by atoms with van der Waals surface area (Å²) in [4.78, 5) is 26.0. The molecular weight excluding hydrogens is 246 g/mol. The van der Waals surface area contributed by atoms with Crippen LogP contribution in [0.2, 0.25) is 0 Å². The lowest BCUT2D eigenvalue weighted by Gasteiger charge is -2.11. The van der Waals surface area contributed by atoms with Gasteiger partial charge in [-0.3, -0.25) is 14.6 Å². The highest BCUT2D eigenvalue weighted by Gasteiger charge is 2.18. The number of methoxy groups -OCH3 is 1. The number of ether oxygens (including phenoxy) is 2. The molecule has 0 bridgehead atoms. The van der Waals surface area contributed by atoms with E-state index in [1.165, 1.54) is 6.20 Å². The number of aliphatic imine (C=N–C) groups is 1. The predicted octanol–water partition coefficient (Wildman–Crippen LogP) is 1.67. The molecule has 19 heavy (non-hydrogen) atoms. The third-order valence-corrected chi connectivity index (χ3v) is 2.65. The third-order valence-electron chi connectivity index (χ3n) is 2.65. The van der Waals surface area contributed by atoms with Gasteiger partial charge in [-0.05, 0) is 17.7 Å². The highest BCUT2D eigenvalue weighted by molar-refractivity contribution is 6.34. The topological polar surface area (TPSA) is 65.0 Å². The SMILES string of the molecule is COc1ccc(COC2=CN=C(C=O)CC2=O)cc1. The first-order valence-corrected chi connectivity index (χ1v) is 5.74. The van der Waals surface area contributed by atoms with Gasteiger partial charge in [-0.15, -0.1) is 0 Å². The number of Topliss-reactive ketones (excluding diaryl/α,β-unsaturated/α-hetero) is 1. The summed E-state index contributed by atoms with van der Waals surface area (Å²) >= 11 is 0. The lowest BCUT2D eigenvalue weighted by molar-refractivity contribution is -0.118. The number of hydrogen-bond donors (Lipinski definition) is 0. The Hall–Kier alpha value is -2.43. The van der Waals surface area contributed by atoms with Crippen LogP contribution in [-0.4, -0.2) is 24.9 Å². The molecule has 5 heteroatoms. The zero-order valence-corrected chi connectivity index (χ0v) is 10.5. The molecule has 0 saturated carbocycles. The average Bonchev–Trinajstić information content (AvgIpc) is 2.46. The molecule has 0 fully saturated rings. The molecule has 5 nitrogen and oxygen atoms in total. The van der Waals surface area contributed by atoms with Crippen LogP contribution >= 0.6 is 0 Å². The molecule has 2 rings (SSSR count). The molecule has 0 unspecified atom stereocenters. The van der Waals surface area contributed by atoms with Gasteiger partial charge in [0, 0.05) is 0 Å². The molecule has 0 aliphatic carbocycles. The fourth-order valence-corrected chi connectivity index (χ4v) is 1.58. The molecule has 1 heterocycles. The van der Waals surface area contributed by atoms with Gasteiger partial charge in [0.2, 0.25) is 5.78 Å². The van der Waals surface area contributed by atoms with E-state index in [1.54, 1.807) is 7.11 Å². The van der Waals surface area contributed by atoms with Crippen LogP contribution in [0.5, 0.6) is 5.75 Å². The van der Waals surface area contributed by atoms with E-state index >= 15 is 0 Å². The largest absolute Gasteiger partial charge is 0.497 e. The van der Waals surface area contributed by atoms with Gasteiger partial charge in [0.1, 0.15) is 12.4 Å². The number of aldehydes is 1. The fourth-order valence-electron chi connectivity index (χ4n) is 1.58. The summed E-state index contributed by atoms with van der Waals surface area (Å²) in [5.74, 6) is 0.712. The van der Waals surface area contributed by atoms with Gasteiger partial charge in [-0.1, -0.05) is 12.1 Å². The van der Waals surface area contributed by atoms with E-state index in [1.807, 2.05) is 24.3 Å². The maximum Gasteiger partial charge on any atom is 0.205 e. The van der Waals surface area contributed by atoms with E-state index in [9.17, 15) is 9.59 Å². The number of nitrogens with zero attached hydrogens (tertiary/aromatic N) is 1. The first-order chi connectivity index (χ1) is 9.22. The minimum absolute atomic E-state index is 0.00204. The fraction of sp³-hybridized carbons (Fsp3) is 0.214. The Kier molecular flexibility index (Phi) is 4.07. The van der Waals surface area contributed by atoms with Crippen LogP contribution in [0.25, 0.3) is 0 Å². The van der Waals surface area contributed by atoms with Crippen LogP contribution in [0.4, 0.5) is 0 Å². The van der Waals surface area contributed by atoms with E-state index in [4.69, 9.17) is 9.47 Å². The van der Waals surface area contributed by atoms with Crippen LogP contribution in [0.3, 0.4) is 0 Å². The first kappa shape index (κ1) is 13.0. The quantitative estimate of drug-likeness (QED) is 0.754. The van der Waals surface area contributed by atoms with Crippen LogP contribution < -0.4 is 4.74 Å². The second-order valence-electron chi connectivity index (χ2n) is 3.97. The summed E-state index contributed by atoms with van der Waals surface area (Å²) in [7, 11) is 1.60. The van der Waals surface area contributed by atoms with E-state index in [-0.39, 0.29) is 30.3 Å². The van der Waals surface area contributed by atoms with Crippen LogP contribution in [0, 0.1) is 0 Å². The van der Waals surface area contributed by atoms with Crippen molar-refractivity contribution in [3.05, 3.63) is 41.8 Å². The van der Waals surface area contributed by atoms with E-state index in [2.05, 4.69) is 4.99 Å². The van der Waals surface area contributed by atoms with Gasteiger partial charge >= 0.3 is 0 Å². The summed E-state index contributed by atoms with van der Waals surface area (Å²) < 4.78 is 10.4. The van der Waals surface area contributed by atoms with Gasteiger partial charge in [0.25, 0.3) is 0 Å². The number of allylic oxidation sites excluding steroid dienone is 1. The molecule has 0 spiro atoms. The lowest BCUT2D eigenvalue weighted by Crippen LogP contribution is -2.16. The maximum atomic E-state index is 11.6. The Labute approximate surface area is 110 Å². The van der Waals surface area contributed by atoms with Gasteiger partial charge in [-0.25, -0.2) is 0 Å². The van der Waals surface area contributed by atoms with Gasteiger partial charge in [0.05, 0.1) is 25.4 Å². The third kappa shape index (κ3) is 3.28. The van der Waals surface area contributed by atoms with Crippen molar-refractivity contribution >= 4 is 17.8 Å². The van der Waals surface area contributed by atoms with Crippen LogP contribution in [0.15, 0.2) is 41.2 Å². The Bertz CT molecular complexity index is 543. The monoisotopic (exact) mass is 259 g/mol. The van der Waals surface area contributed by atoms with E-state index in [0.717, 1.165) is 11.3 Å². The summed E-state index contributed by atoms with van der Waals surface area (Å²) in [6, 6.07) is 7.34. The molecule has 0 aromatic heterocycles. The Morgan fingerprint density at radius 3 is 2.63 bits per heavy atom. The van der Waals surface area contributed by atoms with Crippen LogP contribution in [-0.2, 0) is 20.9 Å². The number of carbonyl (C=O) groups is 2. The summed E-state index contributed by atoms with van der Waals surface area (Å²) in [5, 5.41) is 0. The Morgan fingerprint density at radius 1 is 1.32 bits per heavy atom. The number of ketones is 1. The molecule has 0 N–H and O–H groups in total. The summed E-state index contributed by atoms with van der Waals surface area (Å²) in [6.07, 6.45) is 1.87. The van der Waals surface area contributed by atoms with Crippen molar-refractivity contribution in [2.24, 2.45) is 4.99 Å². The molecule has 0 amide bonds. The normalized spacial score (nSPS) is 14.5. The molecule has 1 aliphatic heterocycles. The second kappa shape index (κ2) is 5.95. The number of benzene rings is 1. The van der Waals surface area contributed by atoms with Gasteiger partial charge in [-0.2, -0.15) is 0 Å². The maximum absolute atomic E-state index is 11.6. The molecule has 0 saturated heterocycles. The smallest absolute Gasteiger partial charge is 0.205 e. The molecule has 0 atom stereocenters. The molecular formula is C14H13NO4. The van der Waals surface area contributed by atoms with E-state index < -0.39 is 0 Å². The van der Waals surface area contributed by atoms with Crippen LogP contribution in [0.1, 0.15) is 12.0 Å². The van der Waals surface area contributed by atoms with E-state index in [0.29, 0.717) is 6.29 Å².